The summed E-state index contributed by atoms with van der Waals surface area (Å²) in [5.74, 6) is 1.65. The fourth-order valence-electron chi connectivity index (χ4n) is 3.49. The lowest BCUT2D eigenvalue weighted by molar-refractivity contribution is 0.0637. The van der Waals surface area contributed by atoms with Gasteiger partial charge in [0.25, 0.3) is 0 Å². The highest BCUT2D eigenvalue weighted by Gasteiger charge is 2.22. The molecule has 7 heteroatoms. The van der Waals surface area contributed by atoms with Gasteiger partial charge in [-0.1, -0.05) is 12.1 Å². The second-order valence-electron chi connectivity index (χ2n) is 6.74. The number of rotatable bonds is 5. The van der Waals surface area contributed by atoms with Crippen molar-refractivity contribution in [2.24, 2.45) is 0 Å². The molecular weight excluding hydrogens is 330 g/mol. The Balaban J connectivity index is 1.43. The Morgan fingerprint density at radius 3 is 2.65 bits per heavy atom. The van der Waals surface area contributed by atoms with Crippen molar-refractivity contribution in [1.29, 1.82) is 0 Å². The number of benzene rings is 1. The highest BCUT2D eigenvalue weighted by Crippen LogP contribution is 2.31. The van der Waals surface area contributed by atoms with Crippen LogP contribution in [0.4, 0.5) is 0 Å². The highest BCUT2D eigenvalue weighted by molar-refractivity contribution is 5.40. The van der Waals surface area contributed by atoms with Gasteiger partial charge in [-0.05, 0) is 44.7 Å². The summed E-state index contributed by atoms with van der Waals surface area (Å²) >= 11 is 0. The van der Waals surface area contributed by atoms with E-state index >= 15 is 0 Å². The molecule has 2 aromatic heterocycles. The van der Waals surface area contributed by atoms with Gasteiger partial charge in [-0.2, -0.15) is 0 Å². The van der Waals surface area contributed by atoms with Crippen molar-refractivity contribution < 1.29 is 9.47 Å². The second kappa shape index (κ2) is 6.84. The molecule has 0 fully saturated rings. The van der Waals surface area contributed by atoms with Gasteiger partial charge in [0.15, 0.2) is 11.5 Å². The fraction of sp³-hybridized carbons (Fsp3) is 0.368. The Bertz CT molecular complexity index is 887. The Morgan fingerprint density at radius 2 is 1.88 bits per heavy atom. The van der Waals surface area contributed by atoms with Crippen molar-refractivity contribution in [2.45, 2.75) is 26.5 Å². The number of ether oxygens (including phenoxy) is 2. The van der Waals surface area contributed by atoms with Gasteiger partial charge < -0.3 is 9.47 Å². The topological polar surface area (TPSA) is 57.3 Å². The number of hydrogen-bond acceptors (Lipinski definition) is 5. The van der Waals surface area contributed by atoms with E-state index in [2.05, 4.69) is 46.7 Å². The summed E-state index contributed by atoms with van der Waals surface area (Å²) in [6, 6.07) is 10.0. The van der Waals surface area contributed by atoms with Crippen LogP contribution in [0.5, 0.6) is 11.5 Å². The van der Waals surface area contributed by atoms with E-state index in [9.17, 15) is 0 Å². The van der Waals surface area contributed by atoms with Gasteiger partial charge in [0.05, 0.1) is 0 Å². The zero-order chi connectivity index (χ0) is 18.1. The van der Waals surface area contributed by atoms with Gasteiger partial charge in [-0.3, -0.25) is 9.58 Å². The molecular formula is C19H23N5O2. The molecule has 0 N–H and O–H groups in total. The van der Waals surface area contributed by atoms with Crippen LogP contribution in [0.15, 0.2) is 43.0 Å². The number of aryl methyl sites for hydroxylation is 1. The third-order valence-electron chi connectivity index (χ3n) is 4.66. The van der Waals surface area contributed by atoms with Crippen molar-refractivity contribution in [1.82, 2.24) is 24.4 Å². The summed E-state index contributed by atoms with van der Waals surface area (Å²) in [5, 5.41) is 7.80. The van der Waals surface area contributed by atoms with Crippen molar-refractivity contribution >= 4 is 0 Å². The van der Waals surface area contributed by atoms with Gasteiger partial charge in [0.2, 0.25) is 0 Å². The first-order valence-corrected chi connectivity index (χ1v) is 8.72. The minimum absolute atomic E-state index is 0.0243. The summed E-state index contributed by atoms with van der Waals surface area (Å²) < 4.78 is 15.9. The number of hydrogen-bond donors (Lipinski definition) is 0. The highest BCUT2D eigenvalue weighted by atomic mass is 16.6. The molecule has 0 spiro atoms. The maximum atomic E-state index is 6.07. The summed E-state index contributed by atoms with van der Waals surface area (Å²) in [6.07, 6.45) is 3.44. The van der Waals surface area contributed by atoms with Crippen LogP contribution in [-0.2, 0) is 6.54 Å². The van der Waals surface area contributed by atoms with E-state index in [1.807, 2.05) is 28.9 Å². The molecule has 26 heavy (non-hydrogen) atoms. The number of para-hydroxylation sites is 2. The molecule has 0 saturated carbocycles. The summed E-state index contributed by atoms with van der Waals surface area (Å²) in [7, 11) is 2.11. The third kappa shape index (κ3) is 3.17. The van der Waals surface area contributed by atoms with Gasteiger partial charge in [0, 0.05) is 24.5 Å². The first-order valence-electron chi connectivity index (χ1n) is 8.72. The molecule has 0 saturated heterocycles. The Labute approximate surface area is 152 Å². The average molecular weight is 353 g/mol. The Morgan fingerprint density at radius 1 is 1.15 bits per heavy atom. The predicted molar refractivity (Wildman–Crippen MR) is 97.4 cm³/mol. The molecule has 1 aliphatic heterocycles. The molecule has 4 rings (SSSR count). The molecule has 3 aromatic rings. The van der Waals surface area contributed by atoms with Gasteiger partial charge in [-0.15, -0.1) is 10.2 Å². The van der Waals surface area contributed by atoms with E-state index in [-0.39, 0.29) is 6.10 Å². The molecule has 0 amide bonds. The first kappa shape index (κ1) is 16.7. The fourth-order valence-corrected chi connectivity index (χ4v) is 3.49. The standard InChI is InChI=1S/C19H23N5O2/c1-14-8-16(15(2)24(14)23-12-20-21-13-23)9-22(3)10-17-11-25-18-6-4-5-7-19(18)26-17/h4-8,12-13,17H,9-11H2,1-3H3. The Hall–Kier alpha value is -2.80. The zero-order valence-corrected chi connectivity index (χ0v) is 15.3. The second-order valence-corrected chi connectivity index (χ2v) is 6.74. The largest absolute Gasteiger partial charge is 0.486 e. The number of fused-ring (bicyclic) bond motifs is 1. The molecule has 136 valence electrons. The van der Waals surface area contributed by atoms with Gasteiger partial charge in [0.1, 0.15) is 25.4 Å². The molecule has 0 radical (unpaired) electrons. The lowest BCUT2D eigenvalue weighted by atomic mass is 10.2. The van der Waals surface area contributed by atoms with Gasteiger partial charge >= 0.3 is 0 Å². The average Bonchev–Trinajstić information content (AvgIpc) is 3.23. The number of nitrogens with zero attached hydrogens (tertiary/aromatic N) is 5. The first-order chi connectivity index (χ1) is 12.6. The van der Waals surface area contributed by atoms with E-state index in [1.165, 1.54) is 11.3 Å². The van der Waals surface area contributed by atoms with E-state index in [0.717, 1.165) is 30.3 Å². The normalized spacial score (nSPS) is 16.2. The molecule has 1 aliphatic rings. The maximum absolute atomic E-state index is 6.07. The van der Waals surface area contributed by atoms with Crippen LogP contribution in [-0.4, -0.2) is 50.8 Å². The van der Waals surface area contributed by atoms with Crippen LogP contribution in [0.1, 0.15) is 17.0 Å². The van der Waals surface area contributed by atoms with E-state index in [0.29, 0.717) is 6.61 Å². The minimum atomic E-state index is 0.0243. The summed E-state index contributed by atoms with van der Waals surface area (Å²) in [6.45, 7) is 6.41. The van der Waals surface area contributed by atoms with Crippen molar-refractivity contribution in [2.75, 3.05) is 20.2 Å². The smallest absolute Gasteiger partial charge is 0.161 e. The summed E-state index contributed by atoms with van der Waals surface area (Å²) in [4.78, 5) is 2.26. The molecule has 1 unspecified atom stereocenters. The predicted octanol–water partition coefficient (Wildman–Crippen LogP) is 2.28. The molecule has 0 bridgehead atoms. The SMILES string of the molecule is Cc1cc(CN(C)CC2COc3ccccc3O2)c(C)n1-n1cnnc1. The lowest BCUT2D eigenvalue weighted by Gasteiger charge is -2.29. The van der Waals surface area contributed by atoms with E-state index < -0.39 is 0 Å². The van der Waals surface area contributed by atoms with E-state index in [4.69, 9.17) is 9.47 Å². The third-order valence-corrected chi connectivity index (χ3v) is 4.66. The van der Waals surface area contributed by atoms with Crippen LogP contribution < -0.4 is 9.47 Å². The number of aromatic nitrogens is 4. The van der Waals surface area contributed by atoms with Crippen molar-refractivity contribution in [3.63, 3.8) is 0 Å². The zero-order valence-electron chi connectivity index (χ0n) is 15.3. The number of likely N-dealkylation sites (N-methyl/N-ethyl adjacent to an activating group) is 1. The van der Waals surface area contributed by atoms with Crippen molar-refractivity contribution in [3.8, 4) is 11.5 Å². The summed E-state index contributed by atoms with van der Waals surface area (Å²) in [5.41, 5.74) is 3.60. The van der Waals surface area contributed by atoms with Crippen LogP contribution in [0.2, 0.25) is 0 Å². The van der Waals surface area contributed by atoms with Crippen LogP contribution in [0.25, 0.3) is 0 Å². The quantitative estimate of drug-likeness (QED) is 0.704. The monoisotopic (exact) mass is 353 g/mol. The van der Waals surface area contributed by atoms with Crippen LogP contribution in [0.3, 0.4) is 0 Å². The Kier molecular flexibility index (Phi) is 4.38. The maximum Gasteiger partial charge on any atom is 0.161 e. The van der Waals surface area contributed by atoms with Crippen molar-refractivity contribution in [3.05, 3.63) is 59.9 Å². The molecule has 3 heterocycles. The van der Waals surface area contributed by atoms with Crippen LogP contribution >= 0.6 is 0 Å². The van der Waals surface area contributed by atoms with Gasteiger partial charge in [-0.25, -0.2) is 4.68 Å². The molecule has 1 atom stereocenters. The lowest BCUT2D eigenvalue weighted by Crippen LogP contribution is -2.39. The molecule has 1 aromatic carbocycles. The molecule has 7 nitrogen and oxygen atoms in total. The van der Waals surface area contributed by atoms with E-state index in [1.54, 1.807) is 12.7 Å². The molecule has 0 aliphatic carbocycles. The van der Waals surface area contributed by atoms with Crippen LogP contribution in [0, 0.1) is 13.8 Å². The minimum Gasteiger partial charge on any atom is -0.486 e.